The standard InChI is InChI=1S/C32H40N4O3/c1-25(26-8-4-2-5-9-26)22-30(37)35-18-13-32(39,14-19-35)24-34-17-12-28(27-10-6-3-7-11-27)29(23-34)31(38)36-20-15-33-16-21-36/h2-12,23,25,33,39H,13-22,24H2,1H3. The SMILES string of the molecule is CC(CC(=O)N1CCC(O)(CN2C=C(C(=O)N3CCNCC3)C(c3ccccc3)=CC2)CC1)c1ccccc1. The quantitative estimate of drug-likeness (QED) is 0.577. The molecule has 2 aromatic carbocycles. The highest BCUT2D eigenvalue weighted by molar-refractivity contribution is 6.09. The minimum absolute atomic E-state index is 0.0382. The molecule has 0 bridgehead atoms. The van der Waals surface area contributed by atoms with Gasteiger partial charge in [-0.25, -0.2) is 0 Å². The first-order chi connectivity index (χ1) is 18.9. The number of nitrogens with one attached hydrogen (secondary N) is 1. The van der Waals surface area contributed by atoms with Crippen LogP contribution in [-0.4, -0.2) is 89.6 Å². The van der Waals surface area contributed by atoms with Crippen LogP contribution in [0.15, 0.2) is 78.5 Å². The molecule has 1 atom stereocenters. The first-order valence-electron chi connectivity index (χ1n) is 14.2. The molecule has 2 fully saturated rings. The fourth-order valence-corrected chi connectivity index (χ4v) is 5.83. The summed E-state index contributed by atoms with van der Waals surface area (Å²) in [6.07, 6.45) is 5.58. The van der Waals surface area contributed by atoms with Crippen molar-refractivity contribution in [1.82, 2.24) is 20.0 Å². The molecule has 0 aromatic heterocycles. The zero-order valence-corrected chi connectivity index (χ0v) is 22.9. The normalized spacial score (nSPS) is 20.2. The Morgan fingerprint density at radius 3 is 2.23 bits per heavy atom. The van der Waals surface area contributed by atoms with E-state index in [2.05, 4.69) is 35.3 Å². The van der Waals surface area contributed by atoms with Gasteiger partial charge in [0.15, 0.2) is 0 Å². The fourth-order valence-electron chi connectivity index (χ4n) is 5.83. The molecule has 7 nitrogen and oxygen atoms in total. The van der Waals surface area contributed by atoms with E-state index < -0.39 is 5.60 Å². The summed E-state index contributed by atoms with van der Waals surface area (Å²) in [5.74, 6) is 0.345. The smallest absolute Gasteiger partial charge is 0.256 e. The number of β-amino-alcohol motifs (C(OH)–C–C–N with tert-alkyl or cyclic N) is 1. The highest BCUT2D eigenvalue weighted by Gasteiger charge is 2.36. The number of hydrogen-bond donors (Lipinski definition) is 2. The third-order valence-corrected chi connectivity index (χ3v) is 8.24. The molecule has 2 aromatic rings. The highest BCUT2D eigenvalue weighted by Crippen LogP contribution is 2.31. The number of rotatable bonds is 7. The molecule has 7 heteroatoms. The van der Waals surface area contributed by atoms with Crippen molar-refractivity contribution >= 4 is 17.4 Å². The zero-order valence-electron chi connectivity index (χ0n) is 22.9. The van der Waals surface area contributed by atoms with E-state index in [1.807, 2.05) is 64.5 Å². The molecule has 1 unspecified atom stereocenters. The van der Waals surface area contributed by atoms with Gasteiger partial charge >= 0.3 is 0 Å². The summed E-state index contributed by atoms with van der Waals surface area (Å²) in [5.41, 5.74) is 2.93. The van der Waals surface area contributed by atoms with E-state index in [0.717, 1.165) is 24.2 Å². The van der Waals surface area contributed by atoms with Gasteiger partial charge in [-0.3, -0.25) is 9.59 Å². The van der Waals surface area contributed by atoms with Gasteiger partial charge in [0.2, 0.25) is 5.91 Å². The Morgan fingerprint density at radius 2 is 1.56 bits per heavy atom. The summed E-state index contributed by atoms with van der Waals surface area (Å²) in [5, 5.41) is 14.8. The van der Waals surface area contributed by atoms with Crippen molar-refractivity contribution in [3.05, 3.63) is 89.6 Å². The minimum Gasteiger partial charge on any atom is -0.388 e. The van der Waals surface area contributed by atoms with Gasteiger partial charge in [0, 0.05) is 65.0 Å². The summed E-state index contributed by atoms with van der Waals surface area (Å²) >= 11 is 0. The monoisotopic (exact) mass is 528 g/mol. The molecule has 0 spiro atoms. The highest BCUT2D eigenvalue weighted by atomic mass is 16.3. The van der Waals surface area contributed by atoms with Crippen molar-refractivity contribution in [2.24, 2.45) is 0 Å². The summed E-state index contributed by atoms with van der Waals surface area (Å²) in [6.45, 7) is 7.22. The lowest BCUT2D eigenvalue weighted by atomic mass is 9.89. The molecule has 5 rings (SSSR count). The van der Waals surface area contributed by atoms with Gasteiger partial charge < -0.3 is 25.1 Å². The van der Waals surface area contributed by atoms with Crippen molar-refractivity contribution in [1.29, 1.82) is 0 Å². The van der Waals surface area contributed by atoms with E-state index in [-0.39, 0.29) is 17.7 Å². The Morgan fingerprint density at radius 1 is 0.923 bits per heavy atom. The molecule has 3 aliphatic heterocycles. The van der Waals surface area contributed by atoms with Crippen LogP contribution in [0.4, 0.5) is 0 Å². The van der Waals surface area contributed by atoms with Crippen LogP contribution in [0.5, 0.6) is 0 Å². The average molecular weight is 529 g/mol. The van der Waals surface area contributed by atoms with E-state index in [1.165, 1.54) is 5.56 Å². The van der Waals surface area contributed by atoms with Crippen molar-refractivity contribution < 1.29 is 14.7 Å². The molecule has 2 amide bonds. The Kier molecular flexibility index (Phi) is 8.48. The molecule has 2 N–H and O–H groups in total. The molecule has 2 saturated heterocycles. The number of nitrogens with zero attached hydrogens (tertiary/aromatic N) is 3. The Hall–Kier alpha value is -3.42. The first kappa shape index (κ1) is 27.2. The summed E-state index contributed by atoms with van der Waals surface area (Å²) in [4.78, 5) is 32.5. The molecular formula is C32H40N4O3. The van der Waals surface area contributed by atoms with Crippen LogP contribution < -0.4 is 5.32 Å². The van der Waals surface area contributed by atoms with E-state index >= 15 is 0 Å². The number of benzene rings is 2. The molecule has 3 aliphatic rings. The molecule has 39 heavy (non-hydrogen) atoms. The lowest BCUT2D eigenvalue weighted by Crippen LogP contribution is -2.52. The topological polar surface area (TPSA) is 76.1 Å². The zero-order chi connectivity index (χ0) is 27.2. The number of hydrogen-bond acceptors (Lipinski definition) is 5. The van der Waals surface area contributed by atoms with Crippen molar-refractivity contribution in [2.75, 3.05) is 52.4 Å². The van der Waals surface area contributed by atoms with E-state index in [4.69, 9.17) is 0 Å². The maximum Gasteiger partial charge on any atom is 0.256 e. The number of piperidine rings is 1. The summed E-state index contributed by atoms with van der Waals surface area (Å²) in [6, 6.07) is 20.2. The van der Waals surface area contributed by atoms with Gasteiger partial charge in [0.05, 0.1) is 11.2 Å². The molecule has 0 aliphatic carbocycles. The minimum atomic E-state index is -0.903. The van der Waals surface area contributed by atoms with Gasteiger partial charge in [-0.2, -0.15) is 0 Å². The van der Waals surface area contributed by atoms with Crippen molar-refractivity contribution in [3.63, 3.8) is 0 Å². The molecular weight excluding hydrogens is 488 g/mol. The predicted molar refractivity (Wildman–Crippen MR) is 154 cm³/mol. The van der Waals surface area contributed by atoms with Crippen LogP contribution in [0.1, 0.15) is 43.2 Å². The van der Waals surface area contributed by atoms with Gasteiger partial charge in [-0.15, -0.1) is 0 Å². The Bertz CT molecular complexity index is 1200. The molecule has 3 heterocycles. The fraction of sp³-hybridized carbons (Fsp3) is 0.438. The number of carbonyl (C=O) groups is 2. The van der Waals surface area contributed by atoms with Gasteiger partial charge in [0.1, 0.15) is 0 Å². The number of piperazine rings is 1. The third kappa shape index (κ3) is 6.60. The van der Waals surface area contributed by atoms with Crippen LogP contribution in [0.25, 0.3) is 5.57 Å². The largest absolute Gasteiger partial charge is 0.388 e. The molecule has 206 valence electrons. The second kappa shape index (κ2) is 12.2. The maximum absolute atomic E-state index is 13.6. The van der Waals surface area contributed by atoms with Crippen molar-refractivity contribution in [2.45, 2.75) is 37.7 Å². The Balaban J connectivity index is 1.23. The van der Waals surface area contributed by atoms with E-state index in [0.29, 0.717) is 64.1 Å². The Labute approximate surface area is 231 Å². The average Bonchev–Trinajstić information content (AvgIpc) is 2.98. The lowest BCUT2D eigenvalue weighted by molar-refractivity contribution is -0.136. The number of aliphatic hydroxyl groups is 1. The summed E-state index contributed by atoms with van der Waals surface area (Å²) < 4.78 is 0. The summed E-state index contributed by atoms with van der Waals surface area (Å²) in [7, 11) is 0. The maximum atomic E-state index is 13.6. The van der Waals surface area contributed by atoms with Crippen LogP contribution in [0.3, 0.4) is 0 Å². The number of amides is 2. The molecule has 0 saturated carbocycles. The van der Waals surface area contributed by atoms with Crippen LogP contribution in [0, 0.1) is 0 Å². The van der Waals surface area contributed by atoms with Gasteiger partial charge in [0.25, 0.3) is 5.91 Å². The second-order valence-corrected chi connectivity index (χ2v) is 11.1. The van der Waals surface area contributed by atoms with Crippen molar-refractivity contribution in [3.8, 4) is 0 Å². The van der Waals surface area contributed by atoms with E-state index in [1.54, 1.807) is 0 Å². The molecule has 0 radical (unpaired) electrons. The number of carbonyl (C=O) groups excluding carboxylic acids is 2. The van der Waals surface area contributed by atoms with E-state index in [9.17, 15) is 14.7 Å². The predicted octanol–water partition coefficient (Wildman–Crippen LogP) is 3.25. The van der Waals surface area contributed by atoms with Gasteiger partial charge in [-0.05, 0) is 35.5 Å². The van der Waals surface area contributed by atoms with Gasteiger partial charge in [-0.1, -0.05) is 73.7 Å². The van der Waals surface area contributed by atoms with Crippen LogP contribution in [0.2, 0.25) is 0 Å². The lowest BCUT2D eigenvalue weighted by Gasteiger charge is -2.42. The van der Waals surface area contributed by atoms with Crippen LogP contribution >= 0.6 is 0 Å². The second-order valence-electron chi connectivity index (χ2n) is 11.1. The van der Waals surface area contributed by atoms with Crippen LogP contribution in [-0.2, 0) is 9.59 Å². The third-order valence-electron chi connectivity index (χ3n) is 8.24. The number of likely N-dealkylation sites (tertiary alicyclic amines) is 1. The first-order valence-corrected chi connectivity index (χ1v) is 14.2.